The van der Waals surface area contributed by atoms with E-state index in [0.717, 1.165) is 25.1 Å². The van der Waals surface area contributed by atoms with Crippen LogP contribution in [0.2, 0.25) is 0 Å². The standard InChI is InChI=1S/C31H35N3O3/c1-31(2,3)37-30(36)34-17-20-13-21(18-34)16-33(15-20)19-27(35)32-14-25-10-9-24-8-7-22-5-4-6-23-11-12-26(25)29(24)28(22)23/h4-12,20-21H,13-19H2,1-3H3,(H,32,35). The topological polar surface area (TPSA) is 61.9 Å². The van der Waals surface area contributed by atoms with E-state index in [2.05, 4.69) is 64.8 Å². The molecule has 37 heavy (non-hydrogen) atoms. The number of carbonyl (C=O) groups is 2. The molecule has 2 aliphatic heterocycles. The highest BCUT2D eigenvalue weighted by molar-refractivity contribution is 6.23. The number of piperidine rings is 2. The normalized spacial score (nSPS) is 20.6. The Morgan fingerprint density at radius 3 is 2.16 bits per heavy atom. The quantitative estimate of drug-likeness (QED) is 0.384. The van der Waals surface area contributed by atoms with Gasteiger partial charge in [0.1, 0.15) is 5.60 Å². The zero-order valence-electron chi connectivity index (χ0n) is 21.9. The fourth-order valence-electron chi connectivity index (χ4n) is 6.40. The number of fused-ring (bicyclic) bond motifs is 2. The average Bonchev–Trinajstić information content (AvgIpc) is 2.85. The minimum atomic E-state index is -0.484. The van der Waals surface area contributed by atoms with Gasteiger partial charge in [0, 0.05) is 32.7 Å². The maximum absolute atomic E-state index is 13.0. The molecule has 0 saturated carbocycles. The van der Waals surface area contributed by atoms with Crippen molar-refractivity contribution in [2.45, 2.75) is 39.3 Å². The molecule has 2 unspecified atom stereocenters. The van der Waals surface area contributed by atoms with Crippen LogP contribution in [0.3, 0.4) is 0 Å². The van der Waals surface area contributed by atoms with Crippen molar-refractivity contribution in [1.82, 2.24) is 15.1 Å². The van der Waals surface area contributed by atoms with Gasteiger partial charge in [0.05, 0.1) is 6.54 Å². The van der Waals surface area contributed by atoms with Crippen LogP contribution in [0.15, 0.2) is 54.6 Å². The molecular formula is C31H35N3O3. The van der Waals surface area contributed by atoms with Gasteiger partial charge in [-0.1, -0.05) is 54.6 Å². The lowest BCUT2D eigenvalue weighted by Gasteiger charge is -2.45. The van der Waals surface area contributed by atoms with Crippen molar-refractivity contribution in [3.8, 4) is 0 Å². The average molecular weight is 498 g/mol. The van der Waals surface area contributed by atoms with Crippen molar-refractivity contribution in [2.24, 2.45) is 11.8 Å². The molecule has 6 heteroatoms. The van der Waals surface area contributed by atoms with Gasteiger partial charge in [-0.05, 0) is 76.9 Å². The zero-order valence-corrected chi connectivity index (χ0v) is 21.9. The molecule has 6 rings (SSSR count). The molecule has 2 heterocycles. The highest BCUT2D eigenvalue weighted by Crippen LogP contribution is 2.36. The van der Waals surface area contributed by atoms with Crippen LogP contribution in [0.5, 0.6) is 0 Å². The zero-order chi connectivity index (χ0) is 25.7. The van der Waals surface area contributed by atoms with Gasteiger partial charge in [-0.2, -0.15) is 0 Å². The van der Waals surface area contributed by atoms with E-state index in [-0.39, 0.29) is 12.0 Å². The Bertz CT molecular complexity index is 1440. The van der Waals surface area contributed by atoms with E-state index in [0.29, 0.717) is 38.0 Å². The molecule has 2 fully saturated rings. The van der Waals surface area contributed by atoms with E-state index in [1.807, 2.05) is 25.7 Å². The molecule has 0 aromatic heterocycles. The SMILES string of the molecule is CC(C)(C)OC(=O)N1CC2CC(CN(CC(=O)NCc3ccc4ccc5cccc6ccc3c4c56)C2)C1. The van der Waals surface area contributed by atoms with Gasteiger partial charge in [0.2, 0.25) is 5.91 Å². The van der Waals surface area contributed by atoms with E-state index < -0.39 is 5.60 Å². The predicted octanol–water partition coefficient (Wildman–Crippen LogP) is 5.39. The van der Waals surface area contributed by atoms with Crippen molar-refractivity contribution < 1.29 is 14.3 Å². The predicted molar refractivity (Wildman–Crippen MR) is 148 cm³/mol. The summed E-state index contributed by atoms with van der Waals surface area (Å²) in [5, 5.41) is 10.7. The summed E-state index contributed by atoms with van der Waals surface area (Å²) in [5.41, 5.74) is 0.658. The van der Waals surface area contributed by atoms with E-state index in [9.17, 15) is 9.59 Å². The van der Waals surface area contributed by atoms with E-state index >= 15 is 0 Å². The first-order valence-electron chi connectivity index (χ1n) is 13.4. The van der Waals surface area contributed by atoms with Crippen LogP contribution in [0.4, 0.5) is 4.79 Å². The van der Waals surface area contributed by atoms with Gasteiger partial charge in [-0.15, -0.1) is 0 Å². The number of amides is 2. The third-order valence-corrected chi connectivity index (χ3v) is 7.77. The molecule has 4 aromatic rings. The molecule has 0 radical (unpaired) electrons. The monoisotopic (exact) mass is 497 g/mol. The Hall–Kier alpha value is -3.38. The fourth-order valence-corrected chi connectivity index (χ4v) is 6.40. The molecule has 2 saturated heterocycles. The van der Waals surface area contributed by atoms with Gasteiger partial charge < -0.3 is 15.0 Å². The molecule has 2 amide bonds. The van der Waals surface area contributed by atoms with Crippen molar-refractivity contribution in [3.63, 3.8) is 0 Å². The molecule has 6 nitrogen and oxygen atoms in total. The van der Waals surface area contributed by atoms with Crippen molar-refractivity contribution in [2.75, 3.05) is 32.7 Å². The number of benzene rings is 4. The fraction of sp³-hybridized carbons (Fsp3) is 0.419. The summed E-state index contributed by atoms with van der Waals surface area (Å²) in [6.45, 7) is 9.68. The molecule has 2 bridgehead atoms. The van der Waals surface area contributed by atoms with E-state index in [1.165, 1.54) is 32.3 Å². The van der Waals surface area contributed by atoms with Gasteiger partial charge in [0.15, 0.2) is 0 Å². The summed E-state index contributed by atoms with van der Waals surface area (Å²) >= 11 is 0. The maximum Gasteiger partial charge on any atom is 0.410 e. The van der Waals surface area contributed by atoms with Crippen molar-refractivity contribution in [3.05, 3.63) is 60.2 Å². The minimum Gasteiger partial charge on any atom is -0.444 e. The summed E-state index contributed by atoms with van der Waals surface area (Å²) in [7, 11) is 0. The lowest BCUT2D eigenvalue weighted by molar-refractivity contribution is -0.123. The van der Waals surface area contributed by atoms with E-state index in [1.54, 1.807) is 0 Å². The van der Waals surface area contributed by atoms with Gasteiger partial charge in [-0.25, -0.2) is 4.79 Å². The maximum atomic E-state index is 13.0. The van der Waals surface area contributed by atoms with Gasteiger partial charge in [-0.3, -0.25) is 9.69 Å². The van der Waals surface area contributed by atoms with Crippen LogP contribution in [-0.4, -0.2) is 60.1 Å². The summed E-state index contributed by atoms with van der Waals surface area (Å²) in [4.78, 5) is 29.6. The largest absolute Gasteiger partial charge is 0.444 e. The molecule has 1 N–H and O–H groups in total. The Morgan fingerprint density at radius 2 is 1.49 bits per heavy atom. The lowest BCUT2D eigenvalue weighted by atomic mass is 9.85. The second-order valence-electron chi connectivity index (χ2n) is 11.9. The highest BCUT2D eigenvalue weighted by atomic mass is 16.6. The number of carbonyl (C=O) groups excluding carboxylic acids is 2. The Balaban J connectivity index is 1.10. The smallest absolute Gasteiger partial charge is 0.410 e. The summed E-state index contributed by atoms with van der Waals surface area (Å²) < 4.78 is 5.59. The molecule has 0 aliphatic carbocycles. The minimum absolute atomic E-state index is 0.0506. The Labute approximate surface area is 217 Å². The van der Waals surface area contributed by atoms with Crippen LogP contribution in [0.25, 0.3) is 32.3 Å². The third-order valence-electron chi connectivity index (χ3n) is 7.77. The van der Waals surface area contributed by atoms with Crippen molar-refractivity contribution in [1.29, 1.82) is 0 Å². The Kier molecular flexibility index (Phi) is 5.95. The summed E-state index contributed by atoms with van der Waals surface area (Å²) in [6, 6.07) is 19.5. The van der Waals surface area contributed by atoms with Crippen LogP contribution >= 0.6 is 0 Å². The summed E-state index contributed by atoms with van der Waals surface area (Å²) in [6.07, 6.45) is 0.891. The molecule has 192 valence electrons. The number of hydrogen-bond donors (Lipinski definition) is 1. The second-order valence-corrected chi connectivity index (χ2v) is 11.9. The number of nitrogens with zero attached hydrogens (tertiary/aromatic N) is 2. The van der Waals surface area contributed by atoms with Crippen LogP contribution in [0, 0.1) is 11.8 Å². The molecule has 0 spiro atoms. The third kappa shape index (κ3) is 4.82. The summed E-state index contributed by atoms with van der Waals surface area (Å²) in [5.74, 6) is 0.811. The first-order valence-corrected chi connectivity index (χ1v) is 13.4. The molecule has 4 aromatic carbocycles. The molecular weight excluding hydrogens is 462 g/mol. The first kappa shape index (κ1) is 24.0. The molecule has 2 aliphatic rings. The van der Waals surface area contributed by atoms with Gasteiger partial charge >= 0.3 is 6.09 Å². The number of likely N-dealkylation sites (tertiary alicyclic amines) is 2. The van der Waals surface area contributed by atoms with Gasteiger partial charge in [0.25, 0.3) is 0 Å². The van der Waals surface area contributed by atoms with Crippen molar-refractivity contribution >= 4 is 44.3 Å². The van der Waals surface area contributed by atoms with Crippen LogP contribution < -0.4 is 5.32 Å². The van der Waals surface area contributed by atoms with Crippen LogP contribution in [0.1, 0.15) is 32.8 Å². The Morgan fingerprint density at radius 1 is 0.865 bits per heavy atom. The second kappa shape index (κ2) is 9.18. The number of rotatable bonds is 4. The number of ether oxygens (including phenoxy) is 1. The van der Waals surface area contributed by atoms with Crippen LogP contribution in [-0.2, 0) is 16.1 Å². The first-order chi connectivity index (χ1) is 17.7. The number of nitrogens with one attached hydrogen (secondary N) is 1. The number of hydrogen-bond acceptors (Lipinski definition) is 4. The highest BCUT2D eigenvalue weighted by Gasteiger charge is 2.37. The molecule has 2 atom stereocenters. The lowest BCUT2D eigenvalue weighted by Crippen LogP contribution is -2.56. The van der Waals surface area contributed by atoms with E-state index in [4.69, 9.17) is 4.74 Å².